The Hall–Kier alpha value is -1.52. The largest absolute Gasteiger partial charge is 0.394 e. The van der Waals surface area contributed by atoms with Crippen LogP contribution in [0, 0.1) is 0 Å². The maximum atomic E-state index is 12.5. The van der Waals surface area contributed by atoms with Gasteiger partial charge in [-0.05, 0) is 18.9 Å². The molecule has 1 aliphatic heterocycles. The van der Waals surface area contributed by atoms with Crippen LogP contribution in [0.3, 0.4) is 0 Å². The number of hydrogen-bond donors (Lipinski definition) is 5. The summed E-state index contributed by atoms with van der Waals surface area (Å²) >= 11 is 0. The highest BCUT2D eigenvalue weighted by molar-refractivity contribution is 5.92. The SMILES string of the molecule is O=C(c1ccn[nH]1)N1CCCCCCO[C@H]([C@H](O)CO)[C@H](O)[C@H](O)C1. The zero-order chi connectivity index (χ0) is 18.2. The average molecular weight is 357 g/mol. The summed E-state index contributed by atoms with van der Waals surface area (Å²) in [6.45, 7) is 0.0558. The normalized spacial score (nSPS) is 28.0. The molecule has 1 aromatic rings. The van der Waals surface area contributed by atoms with Crippen molar-refractivity contribution in [2.45, 2.75) is 50.1 Å². The second-order valence-electron chi connectivity index (χ2n) is 6.28. The van der Waals surface area contributed by atoms with Gasteiger partial charge < -0.3 is 30.1 Å². The Balaban J connectivity index is 2.13. The third kappa shape index (κ3) is 5.48. The van der Waals surface area contributed by atoms with E-state index in [9.17, 15) is 20.1 Å². The number of β-amino-alcohol motifs (C(OH)–C–C–N with tert-alkyl or cyclic N) is 1. The van der Waals surface area contributed by atoms with Gasteiger partial charge in [0.2, 0.25) is 0 Å². The number of nitrogens with zero attached hydrogens (tertiary/aromatic N) is 2. The van der Waals surface area contributed by atoms with Gasteiger partial charge in [-0.3, -0.25) is 9.89 Å². The number of carbonyl (C=O) groups is 1. The van der Waals surface area contributed by atoms with Crippen molar-refractivity contribution in [3.8, 4) is 0 Å². The van der Waals surface area contributed by atoms with E-state index in [1.54, 1.807) is 6.07 Å². The Morgan fingerprint density at radius 2 is 2.12 bits per heavy atom. The zero-order valence-corrected chi connectivity index (χ0v) is 14.1. The van der Waals surface area contributed by atoms with Crippen LogP contribution < -0.4 is 0 Å². The smallest absolute Gasteiger partial charge is 0.271 e. The summed E-state index contributed by atoms with van der Waals surface area (Å²) in [5.41, 5.74) is 0.303. The van der Waals surface area contributed by atoms with Crippen LogP contribution in [-0.2, 0) is 4.74 Å². The van der Waals surface area contributed by atoms with Gasteiger partial charge in [-0.15, -0.1) is 0 Å². The lowest BCUT2D eigenvalue weighted by Crippen LogP contribution is -2.52. The van der Waals surface area contributed by atoms with Gasteiger partial charge in [-0.25, -0.2) is 0 Å². The van der Waals surface area contributed by atoms with Gasteiger partial charge in [0, 0.05) is 25.9 Å². The maximum Gasteiger partial charge on any atom is 0.271 e. The van der Waals surface area contributed by atoms with Crippen LogP contribution in [0.1, 0.15) is 36.2 Å². The lowest BCUT2D eigenvalue weighted by molar-refractivity contribution is -0.145. The van der Waals surface area contributed by atoms with Crippen LogP contribution in [0.4, 0.5) is 0 Å². The Morgan fingerprint density at radius 1 is 1.36 bits per heavy atom. The molecule has 0 aliphatic carbocycles. The minimum absolute atomic E-state index is 0.114. The molecule has 2 heterocycles. The lowest BCUT2D eigenvalue weighted by atomic mass is 10.0. The fraction of sp³-hybridized carbons (Fsp3) is 0.750. The molecule has 2 rings (SSSR count). The average Bonchev–Trinajstić information content (AvgIpc) is 3.14. The van der Waals surface area contributed by atoms with Crippen LogP contribution in [0.15, 0.2) is 12.3 Å². The fourth-order valence-corrected chi connectivity index (χ4v) is 2.89. The van der Waals surface area contributed by atoms with E-state index in [0.717, 1.165) is 25.7 Å². The van der Waals surface area contributed by atoms with Crippen LogP contribution in [0.2, 0.25) is 0 Å². The first-order valence-corrected chi connectivity index (χ1v) is 8.60. The summed E-state index contributed by atoms with van der Waals surface area (Å²) < 4.78 is 5.48. The third-order valence-electron chi connectivity index (χ3n) is 4.36. The van der Waals surface area contributed by atoms with E-state index in [1.165, 1.54) is 11.1 Å². The number of carbonyl (C=O) groups excluding carboxylic acids is 1. The summed E-state index contributed by atoms with van der Waals surface area (Å²) in [7, 11) is 0. The van der Waals surface area contributed by atoms with Gasteiger partial charge in [0.15, 0.2) is 0 Å². The van der Waals surface area contributed by atoms with Crippen LogP contribution in [-0.4, -0.2) is 92.1 Å². The number of hydrogen-bond acceptors (Lipinski definition) is 7. The molecule has 1 aromatic heterocycles. The topological polar surface area (TPSA) is 139 Å². The highest BCUT2D eigenvalue weighted by Crippen LogP contribution is 2.15. The summed E-state index contributed by atoms with van der Waals surface area (Å²) in [6, 6.07) is 1.54. The first kappa shape index (κ1) is 19.8. The number of ether oxygens (including phenoxy) is 1. The molecule has 25 heavy (non-hydrogen) atoms. The predicted octanol–water partition coefficient (Wildman–Crippen LogP) is -1.11. The van der Waals surface area contributed by atoms with Gasteiger partial charge in [0.25, 0.3) is 5.91 Å². The molecule has 0 aromatic carbocycles. The molecule has 5 N–H and O–H groups in total. The van der Waals surface area contributed by atoms with Crippen molar-refractivity contribution in [1.29, 1.82) is 0 Å². The number of amides is 1. The molecule has 142 valence electrons. The Bertz CT molecular complexity index is 512. The fourth-order valence-electron chi connectivity index (χ4n) is 2.89. The Morgan fingerprint density at radius 3 is 2.80 bits per heavy atom. The van der Waals surface area contributed by atoms with Crippen molar-refractivity contribution in [2.75, 3.05) is 26.3 Å². The summed E-state index contributed by atoms with van der Waals surface area (Å²) in [6.07, 6.45) is -0.452. The maximum absolute atomic E-state index is 12.5. The predicted molar refractivity (Wildman–Crippen MR) is 87.8 cm³/mol. The molecule has 4 atom stereocenters. The zero-order valence-electron chi connectivity index (χ0n) is 14.1. The molecule has 1 aliphatic rings. The van der Waals surface area contributed by atoms with Gasteiger partial charge in [-0.1, -0.05) is 12.8 Å². The van der Waals surface area contributed by atoms with Crippen LogP contribution in [0.25, 0.3) is 0 Å². The molecular weight excluding hydrogens is 330 g/mol. The number of aromatic nitrogens is 2. The minimum Gasteiger partial charge on any atom is -0.394 e. The lowest BCUT2D eigenvalue weighted by Gasteiger charge is -2.33. The summed E-state index contributed by atoms with van der Waals surface area (Å²) in [5, 5.41) is 46.1. The number of aliphatic hydroxyl groups excluding tert-OH is 4. The van der Waals surface area contributed by atoms with Gasteiger partial charge in [0.05, 0.1) is 6.61 Å². The van der Waals surface area contributed by atoms with Crippen molar-refractivity contribution in [3.63, 3.8) is 0 Å². The molecule has 9 heteroatoms. The number of rotatable bonds is 3. The molecule has 0 radical (unpaired) electrons. The third-order valence-corrected chi connectivity index (χ3v) is 4.36. The molecule has 0 unspecified atom stereocenters. The molecule has 1 fully saturated rings. The molecule has 1 amide bonds. The van der Waals surface area contributed by atoms with Gasteiger partial charge in [-0.2, -0.15) is 5.10 Å². The van der Waals surface area contributed by atoms with Crippen LogP contribution >= 0.6 is 0 Å². The van der Waals surface area contributed by atoms with Gasteiger partial charge >= 0.3 is 0 Å². The number of aliphatic hydroxyl groups is 4. The number of H-pyrrole nitrogens is 1. The minimum atomic E-state index is -1.43. The molecule has 1 saturated heterocycles. The van der Waals surface area contributed by atoms with Crippen LogP contribution in [0.5, 0.6) is 0 Å². The van der Waals surface area contributed by atoms with E-state index in [4.69, 9.17) is 9.84 Å². The number of aromatic amines is 1. The standard InChI is InChI=1S/C16H27N3O6/c20-10-13(22)15-14(23)12(21)9-19(7-3-1-2-4-8-25-15)16(24)11-5-6-17-18-11/h5-6,12-15,20-23H,1-4,7-10H2,(H,17,18)/t12-,13-,14-,15-/m1/s1. The second kappa shape index (κ2) is 9.83. The first-order valence-electron chi connectivity index (χ1n) is 8.60. The quantitative estimate of drug-likeness (QED) is 0.462. The van der Waals surface area contributed by atoms with E-state index < -0.39 is 31.0 Å². The van der Waals surface area contributed by atoms with Crippen molar-refractivity contribution in [2.24, 2.45) is 0 Å². The Labute approximate surface area is 146 Å². The van der Waals surface area contributed by atoms with E-state index in [1.807, 2.05) is 0 Å². The highest BCUT2D eigenvalue weighted by atomic mass is 16.5. The van der Waals surface area contributed by atoms with Crippen molar-refractivity contribution >= 4 is 5.91 Å². The van der Waals surface area contributed by atoms with E-state index in [0.29, 0.717) is 18.8 Å². The van der Waals surface area contributed by atoms with Crippen molar-refractivity contribution in [1.82, 2.24) is 15.1 Å². The highest BCUT2D eigenvalue weighted by Gasteiger charge is 2.34. The molecule has 0 saturated carbocycles. The Kier molecular flexibility index (Phi) is 7.79. The first-order chi connectivity index (χ1) is 12.0. The summed E-state index contributed by atoms with van der Waals surface area (Å²) in [5.74, 6) is -0.319. The van der Waals surface area contributed by atoms with Crippen molar-refractivity contribution < 1.29 is 30.0 Å². The van der Waals surface area contributed by atoms with Gasteiger partial charge in [0.1, 0.15) is 30.1 Å². The molecule has 9 nitrogen and oxygen atoms in total. The van der Waals surface area contributed by atoms with Crippen molar-refractivity contribution in [3.05, 3.63) is 18.0 Å². The van der Waals surface area contributed by atoms with E-state index in [-0.39, 0.29) is 12.5 Å². The summed E-state index contributed by atoms with van der Waals surface area (Å²) in [4.78, 5) is 14.0. The number of nitrogens with one attached hydrogen (secondary N) is 1. The second-order valence-corrected chi connectivity index (χ2v) is 6.28. The van der Waals surface area contributed by atoms with E-state index >= 15 is 0 Å². The molecular formula is C16H27N3O6. The molecule has 0 spiro atoms. The monoisotopic (exact) mass is 357 g/mol. The van der Waals surface area contributed by atoms with E-state index in [2.05, 4.69) is 10.2 Å². The molecule has 0 bridgehead atoms.